The smallest absolute Gasteiger partial charge is 0.221 e. The molecule has 0 spiro atoms. The number of aryl methyl sites for hydroxylation is 1. The van der Waals surface area contributed by atoms with E-state index in [1.165, 1.54) is 6.92 Å². The first-order chi connectivity index (χ1) is 8.52. The molecule has 5 heteroatoms. The predicted molar refractivity (Wildman–Crippen MR) is 75.0 cm³/mol. The molecule has 0 aliphatic rings. The van der Waals surface area contributed by atoms with Gasteiger partial charge in [0.1, 0.15) is 5.75 Å². The van der Waals surface area contributed by atoms with E-state index < -0.39 is 0 Å². The zero-order chi connectivity index (χ0) is 13.3. The summed E-state index contributed by atoms with van der Waals surface area (Å²) in [7, 11) is 1.62. The highest BCUT2D eigenvalue weighted by molar-refractivity contribution is 9.10. The Kier molecular flexibility index (Phi) is 3.52. The van der Waals surface area contributed by atoms with Gasteiger partial charge in [-0.15, -0.1) is 0 Å². The third-order valence-electron chi connectivity index (χ3n) is 2.72. The van der Waals surface area contributed by atoms with Gasteiger partial charge in [0.15, 0.2) is 0 Å². The van der Waals surface area contributed by atoms with Crippen molar-refractivity contribution in [1.29, 1.82) is 0 Å². The van der Waals surface area contributed by atoms with Crippen molar-refractivity contribution in [2.45, 2.75) is 13.8 Å². The number of halogens is 1. The highest BCUT2D eigenvalue weighted by atomic mass is 79.9. The number of aromatic nitrogens is 1. The number of amides is 1. The minimum absolute atomic E-state index is 0.105. The van der Waals surface area contributed by atoms with Gasteiger partial charge in [-0.3, -0.25) is 9.78 Å². The standard InChI is InChI=1S/C13H13BrN2O2/c1-7-9-4-10(14)13(18-3)5-11(9)15-6-12(7)16-8(2)17/h4-6H,1-3H3,(H,16,17). The summed E-state index contributed by atoms with van der Waals surface area (Å²) < 4.78 is 6.09. The maximum atomic E-state index is 11.1. The minimum atomic E-state index is -0.105. The number of carbonyl (C=O) groups is 1. The number of ether oxygens (including phenoxy) is 1. The van der Waals surface area contributed by atoms with Crippen LogP contribution in [0.2, 0.25) is 0 Å². The lowest BCUT2D eigenvalue weighted by atomic mass is 10.1. The van der Waals surface area contributed by atoms with Crippen LogP contribution in [0.4, 0.5) is 5.69 Å². The Bertz CT molecular complexity index is 626. The summed E-state index contributed by atoms with van der Waals surface area (Å²) in [5.74, 6) is 0.633. The van der Waals surface area contributed by atoms with Crippen molar-refractivity contribution >= 4 is 38.4 Å². The van der Waals surface area contributed by atoms with Crippen LogP contribution in [0.3, 0.4) is 0 Å². The molecular weight excluding hydrogens is 296 g/mol. The van der Waals surface area contributed by atoms with Gasteiger partial charge in [0.25, 0.3) is 0 Å². The summed E-state index contributed by atoms with van der Waals surface area (Å²) in [6.45, 7) is 3.43. The van der Waals surface area contributed by atoms with Crippen LogP contribution >= 0.6 is 15.9 Å². The fraction of sp³-hybridized carbons (Fsp3) is 0.231. The average molecular weight is 309 g/mol. The van der Waals surface area contributed by atoms with E-state index >= 15 is 0 Å². The Morgan fingerprint density at radius 3 is 2.78 bits per heavy atom. The largest absolute Gasteiger partial charge is 0.495 e. The minimum Gasteiger partial charge on any atom is -0.495 e. The third kappa shape index (κ3) is 2.31. The van der Waals surface area contributed by atoms with Gasteiger partial charge in [0.2, 0.25) is 5.91 Å². The van der Waals surface area contributed by atoms with Gasteiger partial charge >= 0.3 is 0 Å². The molecule has 0 saturated carbocycles. The van der Waals surface area contributed by atoms with Crippen LogP contribution in [0.1, 0.15) is 12.5 Å². The fourth-order valence-electron chi connectivity index (χ4n) is 1.80. The van der Waals surface area contributed by atoms with E-state index in [4.69, 9.17) is 4.74 Å². The van der Waals surface area contributed by atoms with Gasteiger partial charge < -0.3 is 10.1 Å². The Hall–Kier alpha value is -1.62. The molecule has 4 nitrogen and oxygen atoms in total. The maximum Gasteiger partial charge on any atom is 0.221 e. The van der Waals surface area contributed by atoms with Gasteiger partial charge in [-0.25, -0.2) is 0 Å². The summed E-state index contributed by atoms with van der Waals surface area (Å²) in [6.07, 6.45) is 1.66. The third-order valence-corrected chi connectivity index (χ3v) is 3.34. The summed E-state index contributed by atoms with van der Waals surface area (Å²) in [6, 6.07) is 3.81. The van der Waals surface area contributed by atoms with E-state index in [0.29, 0.717) is 0 Å². The van der Waals surface area contributed by atoms with Crippen LogP contribution < -0.4 is 10.1 Å². The first-order valence-electron chi connectivity index (χ1n) is 5.43. The van der Waals surface area contributed by atoms with Crippen LogP contribution in [0.5, 0.6) is 5.75 Å². The topological polar surface area (TPSA) is 51.2 Å². The van der Waals surface area contributed by atoms with Crippen molar-refractivity contribution in [3.8, 4) is 5.75 Å². The molecule has 0 radical (unpaired) electrons. The number of pyridine rings is 1. The lowest BCUT2D eigenvalue weighted by Gasteiger charge is -2.11. The van der Waals surface area contributed by atoms with Crippen molar-refractivity contribution in [2.24, 2.45) is 0 Å². The summed E-state index contributed by atoms with van der Waals surface area (Å²) in [5, 5.41) is 3.75. The van der Waals surface area contributed by atoms with Crippen LogP contribution in [-0.2, 0) is 4.79 Å². The van der Waals surface area contributed by atoms with Crippen LogP contribution in [0.15, 0.2) is 22.8 Å². The number of nitrogens with one attached hydrogen (secondary N) is 1. The van der Waals surface area contributed by atoms with Crippen molar-refractivity contribution in [3.63, 3.8) is 0 Å². The molecule has 94 valence electrons. The number of hydrogen-bond donors (Lipinski definition) is 1. The van der Waals surface area contributed by atoms with Crippen LogP contribution in [0.25, 0.3) is 10.9 Å². The first-order valence-corrected chi connectivity index (χ1v) is 6.22. The molecular formula is C13H13BrN2O2. The Morgan fingerprint density at radius 1 is 1.44 bits per heavy atom. The summed E-state index contributed by atoms with van der Waals surface area (Å²) in [4.78, 5) is 15.4. The second-order valence-corrected chi connectivity index (χ2v) is 4.84. The SMILES string of the molecule is COc1cc2ncc(NC(C)=O)c(C)c2cc1Br. The van der Waals surface area contributed by atoms with Gasteiger partial charge in [-0.05, 0) is 34.5 Å². The average Bonchev–Trinajstić information content (AvgIpc) is 2.32. The Labute approximate surface area is 113 Å². The van der Waals surface area contributed by atoms with E-state index in [2.05, 4.69) is 26.2 Å². The van der Waals surface area contributed by atoms with Crippen LogP contribution in [0, 0.1) is 6.92 Å². The molecule has 1 aromatic carbocycles. The lowest BCUT2D eigenvalue weighted by Crippen LogP contribution is -2.07. The van der Waals surface area contributed by atoms with Crippen molar-refractivity contribution in [3.05, 3.63) is 28.4 Å². The number of fused-ring (bicyclic) bond motifs is 1. The number of carbonyl (C=O) groups excluding carboxylic acids is 1. The number of hydrogen-bond acceptors (Lipinski definition) is 3. The number of methoxy groups -OCH3 is 1. The van der Waals surface area contributed by atoms with E-state index in [-0.39, 0.29) is 5.91 Å². The van der Waals surface area contributed by atoms with E-state index in [0.717, 1.165) is 32.4 Å². The Balaban J connectivity index is 2.63. The van der Waals surface area contributed by atoms with Gasteiger partial charge in [0, 0.05) is 18.4 Å². The zero-order valence-corrected chi connectivity index (χ0v) is 12.0. The first kappa shape index (κ1) is 12.8. The molecule has 1 aromatic heterocycles. The monoisotopic (exact) mass is 308 g/mol. The van der Waals surface area contributed by atoms with Crippen molar-refractivity contribution in [1.82, 2.24) is 4.98 Å². The molecule has 0 aliphatic heterocycles. The molecule has 18 heavy (non-hydrogen) atoms. The van der Waals surface area contributed by atoms with E-state index in [1.807, 2.05) is 19.1 Å². The Morgan fingerprint density at radius 2 is 2.17 bits per heavy atom. The highest BCUT2D eigenvalue weighted by Crippen LogP contribution is 2.32. The molecule has 0 atom stereocenters. The number of benzene rings is 1. The van der Waals surface area contributed by atoms with Gasteiger partial charge in [0.05, 0.1) is 29.0 Å². The normalized spacial score (nSPS) is 10.4. The van der Waals surface area contributed by atoms with Crippen LogP contribution in [-0.4, -0.2) is 18.0 Å². The molecule has 0 aliphatic carbocycles. The molecule has 0 unspecified atom stereocenters. The quantitative estimate of drug-likeness (QED) is 0.926. The summed E-state index contributed by atoms with van der Waals surface area (Å²) in [5.41, 5.74) is 2.55. The molecule has 0 bridgehead atoms. The van der Waals surface area contributed by atoms with Gasteiger partial charge in [-0.1, -0.05) is 0 Å². The van der Waals surface area contributed by atoms with Crippen molar-refractivity contribution in [2.75, 3.05) is 12.4 Å². The van der Waals surface area contributed by atoms with E-state index in [9.17, 15) is 4.79 Å². The fourth-order valence-corrected chi connectivity index (χ4v) is 2.30. The zero-order valence-electron chi connectivity index (χ0n) is 10.4. The van der Waals surface area contributed by atoms with Crippen molar-refractivity contribution < 1.29 is 9.53 Å². The molecule has 0 saturated heterocycles. The molecule has 1 heterocycles. The number of nitrogens with zero attached hydrogens (tertiary/aromatic N) is 1. The lowest BCUT2D eigenvalue weighted by molar-refractivity contribution is -0.114. The second kappa shape index (κ2) is 4.94. The highest BCUT2D eigenvalue weighted by Gasteiger charge is 2.09. The predicted octanol–water partition coefficient (Wildman–Crippen LogP) is 3.27. The number of anilines is 1. The second-order valence-electron chi connectivity index (χ2n) is 3.98. The maximum absolute atomic E-state index is 11.1. The number of rotatable bonds is 2. The summed E-state index contributed by atoms with van der Waals surface area (Å²) >= 11 is 3.45. The molecule has 2 rings (SSSR count). The molecule has 2 aromatic rings. The van der Waals surface area contributed by atoms with E-state index in [1.54, 1.807) is 13.3 Å². The molecule has 0 fully saturated rings. The molecule has 1 amide bonds. The molecule has 1 N–H and O–H groups in total. The van der Waals surface area contributed by atoms with Gasteiger partial charge in [-0.2, -0.15) is 0 Å².